The van der Waals surface area contributed by atoms with Gasteiger partial charge in [-0.05, 0) is 24.6 Å². The van der Waals surface area contributed by atoms with E-state index in [-0.39, 0.29) is 5.56 Å². The van der Waals surface area contributed by atoms with E-state index in [2.05, 4.69) is 17.1 Å². The van der Waals surface area contributed by atoms with Crippen molar-refractivity contribution >= 4 is 23.3 Å². The van der Waals surface area contributed by atoms with Crippen LogP contribution < -0.4 is 4.90 Å². The Balaban J connectivity index is 2.28. The quantitative estimate of drug-likeness (QED) is 0.805. The number of hydrogen-bond acceptors (Lipinski definition) is 2. The lowest BCUT2D eigenvalue weighted by atomic mass is 10.1. The third kappa shape index (κ3) is 2.19. The molecule has 84 valence electrons. The van der Waals surface area contributed by atoms with Gasteiger partial charge in [0.1, 0.15) is 0 Å². The molecule has 0 spiro atoms. The average molecular weight is 238 g/mol. The topological polar surface area (TPSA) is 40.5 Å². The van der Waals surface area contributed by atoms with Crippen LogP contribution in [0.5, 0.6) is 0 Å². The molecule has 1 aliphatic rings. The van der Waals surface area contributed by atoms with E-state index in [0.717, 1.165) is 25.2 Å². The molecule has 3 nitrogen and oxygen atoms in total. The van der Waals surface area contributed by atoms with E-state index in [0.29, 0.717) is 5.02 Å². The largest absolute Gasteiger partial charge is 0.478 e. The fraction of sp³-hybridized carbons (Fsp3) is 0.250. The zero-order valence-electron chi connectivity index (χ0n) is 8.69. The van der Waals surface area contributed by atoms with Gasteiger partial charge in [0.15, 0.2) is 0 Å². The van der Waals surface area contributed by atoms with Gasteiger partial charge in [0, 0.05) is 13.1 Å². The third-order valence-electron chi connectivity index (χ3n) is 2.59. The van der Waals surface area contributed by atoms with Gasteiger partial charge in [-0.1, -0.05) is 23.8 Å². The van der Waals surface area contributed by atoms with Gasteiger partial charge in [-0.3, -0.25) is 0 Å². The summed E-state index contributed by atoms with van der Waals surface area (Å²) in [5.74, 6) is -0.952. The minimum Gasteiger partial charge on any atom is -0.478 e. The van der Waals surface area contributed by atoms with Crippen molar-refractivity contribution < 1.29 is 9.90 Å². The second-order valence-electron chi connectivity index (χ2n) is 3.68. The van der Waals surface area contributed by atoms with Crippen molar-refractivity contribution in [2.24, 2.45) is 0 Å². The molecule has 0 radical (unpaired) electrons. The van der Waals surface area contributed by atoms with Crippen LogP contribution in [-0.4, -0.2) is 24.2 Å². The van der Waals surface area contributed by atoms with Crippen LogP contribution in [0.1, 0.15) is 16.8 Å². The first-order valence-corrected chi connectivity index (χ1v) is 5.49. The van der Waals surface area contributed by atoms with Crippen LogP contribution >= 0.6 is 11.6 Å². The highest BCUT2D eigenvalue weighted by atomic mass is 35.5. The first-order valence-electron chi connectivity index (χ1n) is 5.11. The summed E-state index contributed by atoms with van der Waals surface area (Å²) in [6, 6.07) is 4.85. The minimum absolute atomic E-state index is 0.223. The number of aromatic carboxylic acids is 1. The van der Waals surface area contributed by atoms with E-state index in [1.165, 1.54) is 6.07 Å². The molecule has 0 bridgehead atoms. The number of carboxylic acid groups (broad SMARTS) is 1. The van der Waals surface area contributed by atoms with Gasteiger partial charge in [0.25, 0.3) is 0 Å². The van der Waals surface area contributed by atoms with Crippen molar-refractivity contribution in [1.29, 1.82) is 0 Å². The Labute approximate surface area is 98.9 Å². The Morgan fingerprint density at radius 3 is 2.75 bits per heavy atom. The molecule has 0 fully saturated rings. The summed E-state index contributed by atoms with van der Waals surface area (Å²) in [6.45, 7) is 1.74. The number of hydrogen-bond donors (Lipinski definition) is 1. The number of carbonyl (C=O) groups is 1. The number of halogens is 1. The second kappa shape index (κ2) is 4.58. The van der Waals surface area contributed by atoms with Crippen molar-refractivity contribution in [3.8, 4) is 0 Å². The molecule has 0 aromatic heterocycles. The van der Waals surface area contributed by atoms with E-state index in [9.17, 15) is 4.79 Å². The maximum atomic E-state index is 10.8. The number of carboxylic acids is 1. The van der Waals surface area contributed by atoms with Crippen molar-refractivity contribution in [3.05, 3.63) is 40.9 Å². The Hall–Kier alpha value is -1.48. The molecule has 0 atom stereocenters. The first-order chi connectivity index (χ1) is 7.68. The van der Waals surface area contributed by atoms with E-state index in [4.69, 9.17) is 16.7 Å². The molecule has 1 aliphatic heterocycles. The number of benzene rings is 1. The maximum Gasteiger partial charge on any atom is 0.335 e. The molecule has 2 rings (SSSR count). The normalized spacial score (nSPS) is 15.2. The zero-order valence-corrected chi connectivity index (χ0v) is 9.44. The van der Waals surface area contributed by atoms with Crippen molar-refractivity contribution in [1.82, 2.24) is 0 Å². The van der Waals surface area contributed by atoms with Gasteiger partial charge in [-0.25, -0.2) is 4.79 Å². The average Bonchev–Trinajstić information content (AvgIpc) is 2.30. The van der Waals surface area contributed by atoms with Gasteiger partial charge in [-0.15, -0.1) is 0 Å². The summed E-state index contributed by atoms with van der Waals surface area (Å²) in [6.07, 6.45) is 5.22. The number of rotatable bonds is 2. The molecule has 1 N–H and O–H groups in total. The van der Waals surface area contributed by atoms with E-state index < -0.39 is 5.97 Å². The van der Waals surface area contributed by atoms with Crippen LogP contribution in [0, 0.1) is 0 Å². The van der Waals surface area contributed by atoms with Crippen LogP contribution in [0.15, 0.2) is 30.4 Å². The van der Waals surface area contributed by atoms with Crippen LogP contribution in [0.4, 0.5) is 5.69 Å². The van der Waals surface area contributed by atoms with Crippen LogP contribution in [0.25, 0.3) is 0 Å². The Morgan fingerprint density at radius 1 is 1.38 bits per heavy atom. The lowest BCUT2D eigenvalue weighted by Gasteiger charge is -2.26. The lowest BCUT2D eigenvalue weighted by Crippen LogP contribution is -2.27. The van der Waals surface area contributed by atoms with Crippen molar-refractivity contribution in [3.63, 3.8) is 0 Å². The van der Waals surface area contributed by atoms with Gasteiger partial charge >= 0.3 is 5.97 Å². The molecular weight excluding hydrogens is 226 g/mol. The second-order valence-corrected chi connectivity index (χ2v) is 4.08. The summed E-state index contributed by atoms with van der Waals surface area (Å²) < 4.78 is 0. The summed E-state index contributed by atoms with van der Waals surface area (Å²) in [5, 5.41) is 9.32. The first kappa shape index (κ1) is 11.0. The van der Waals surface area contributed by atoms with E-state index >= 15 is 0 Å². The predicted octanol–water partition coefficient (Wildman–Crippen LogP) is 2.80. The van der Waals surface area contributed by atoms with Gasteiger partial charge in [-0.2, -0.15) is 0 Å². The Morgan fingerprint density at radius 2 is 2.19 bits per heavy atom. The molecular formula is C12H12ClNO2. The van der Waals surface area contributed by atoms with Gasteiger partial charge < -0.3 is 10.0 Å². The fourth-order valence-electron chi connectivity index (χ4n) is 1.76. The highest BCUT2D eigenvalue weighted by Gasteiger charge is 2.13. The molecule has 0 aliphatic carbocycles. The summed E-state index contributed by atoms with van der Waals surface area (Å²) >= 11 is 6.08. The predicted molar refractivity (Wildman–Crippen MR) is 64.4 cm³/mol. The number of nitrogens with zero attached hydrogens (tertiary/aromatic N) is 1. The molecule has 0 saturated heterocycles. The van der Waals surface area contributed by atoms with E-state index in [1.54, 1.807) is 12.1 Å². The van der Waals surface area contributed by atoms with Crippen LogP contribution in [0.3, 0.4) is 0 Å². The molecule has 16 heavy (non-hydrogen) atoms. The lowest BCUT2D eigenvalue weighted by molar-refractivity contribution is 0.0697. The fourth-order valence-corrected chi connectivity index (χ4v) is 2.06. The molecule has 1 aromatic carbocycles. The molecule has 4 heteroatoms. The minimum atomic E-state index is -0.952. The van der Waals surface area contributed by atoms with E-state index in [1.807, 2.05) is 0 Å². The maximum absolute atomic E-state index is 10.8. The van der Waals surface area contributed by atoms with Gasteiger partial charge in [0.05, 0.1) is 16.3 Å². The third-order valence-corrected chi connectivity index (χ3v) is 2.90. The van der Waals surface area contributed by atoms with Crippen LogP contribution in [-0.2, 0) is 0 Å². The molecule has 0 amide bonds. The Kier molecular flexibility index (Phi) is 3.15. The summed E-state index contributed by atoms with van der Waals surface area (Å²) in [4.78, 5) is 12.9. The Bertz CT molecular complexity index is 443. The smallest absolute Gasteiger partial charge is 0.335 e. The zero-order chi connectivity index (χ0) is 11.5. The summed E-state index contributed by atoms with van der Waals surface area (Å²) in [5.41, 5.74) is 1.12. The highest BCUT2D eigenvalue weighted by molar-refractivity contribution is 6.33. The SMILES string of the molecule is O=C(O)c1ccc(N2CC=CCC2)c(Cl)c1. The highest BCUT2D eigenvalue weighted by Crippen LogP contribution is 2.28. The molecule has 1 aromatic rings. The van der Waals surface area contributed by atoms with Crippen molar-refractivity contribution in [2.75, 3.05) is 18.0 Å². The number of anilines is 1. The van der Waals surface area contributed by atoms with Crippen LogP contribution in [0.2, 0.25) is 5.02 Å². The van der Waals surface area contributed by atoms with Crippen molar-refractivity contribution in [2.45, 2.75) is 6.42 Å². The molecule has 1 heterocycles. The summed E-state index contributed by atoms with van der Waals surface area (Å²) in [7, 11) is 0. The van der Waals surface area contributed by atoms with Gasteiger partial charge in [0.2, 0.25) is 0 Å². The molecule has 0 saturated carbocycles. The monoisotopic (exact) mass is 237 g/mol. The standard InChI is InChI=1S/C12H12ClNO2/c13-10-8-9(12(15)16)4-5-11(10)14-6-2-1-3-7-14/h1-2,4-5,8H,3,6-7H2,(H,15,16). The molecule has 0 unspecified atom stereocenters.